The van der Waals surface area contributed by atoms with Crippen LogP contribution in [0.2, 0.25) is 0 Å². The van der Waals surface area contributed by atoms with Crippen LogP contribution in [0.15, 0.2) is 0 Å². The molecule has 0 spiro atoms. The largest absolute Gasteiger partial charge is 0.546 e. The Morgan fingerprint density at radius 2 is 0.657 bits per heavy atom. The van der Waals surface area contributed by atoms with E-state index in [1.54, 1.807) is 0 Å². The van der Waals surface area contributed by atoms with Crippen molar-refractivity contribution in [3.05, 3.63) is 0 Å². The van der Waals surface area contributed by atoms with Gasteiger partial charge >= 0.3 is 0 Å². The first-order valence-electron chi connectivity index (χ1n) is 16.1. The molecule has 0 heterocycles. The highest BCUT2D eigenvalue weighted by Crippen LogP contribution is 2.60. The Balaban J connectivity index is 4.55. The number of carbonyl (C=O) groups excluding carboxylic acids is 1. The minimum Gasteiger partial charge on any atom is -0.546 e. The fourth-order valence-electron chi connectivity index (χ4n) is 5.59. The summed E-state index contributed by atoms with van der Waals surface area (Å²) in [5, 5.41) is 11.8. The molecular formula is C32H65O2P. The van der Waals surface area contributed by atoms with E-state index in [0.717, 1.165) is 0 Å². The Morgan fingerprint density at radius 1 is 0.429 bits per heavy atom. The molecule has 0 rings (SSSR count). The molecule has 0 aliphatic rings. The fraction of sp³-hybridized carbons (Fsp3) is 0.969. The average molecular weight is 513 g/mol. The van der Waals surface area contributed by atoms with Crippen LogP contribution in [0.1, 0.15) is 175 Å². The topological polar surface area (TPSA) is 40.1 Å². The van der Waals surface area contributed by atoms with Crippen molar-refractivity contribution in [2.24, 2.45) is 0 Å². The Kier molecular flexibility index (Phi) is 26.9. The van der Waals surface area contributed by atoms with Gasteiger partial charge < -0.3 is 9.90 Å². The Hall–Kier alpha value is -0.100. The first-order valence-corrected chi connectivity index (χ1v) is 18.7. The summed E-state index contributed by atoms with van der Waals surface area (Å²) in [6, 6.07) is 0. The summed E-state index contributed by atoms with van der Waals surface area (Å²) in [5.74, 6) is -0.767. The van der Waals surface area contributed by atoms with Crippen LogP contribution < -0.4 is 5.11 Å². The molecule has 0 amide bonds. The molecule has 0 aromatic heterocycles. The van der Waals surface area contributed by atoms with Gasteiger partial charge in [0.15, 0.2) is 0 Å². The van der Waals surface area contributed by atoms with Crippen LogP contribution in [0.4, 0.5) is 0 Å². The van der Waals surface area contributed by atoms with Crippen molar-refractivity contribution in [3.63, 3.8) is 0 Å². The van der Waals surface area contributed by atoms with E-state index < -0.39 is 13.2 Å². The van der Waals surface area contributed by atoms with Gasteiger partial charge in [-0.15, -0.1) is 0 Å². The summed E-state index contributed by atoms with van der Waals surface area (Å²) in [5.41, 5.74) is 0. The molecule has 3 heteroatoms. The van der Waals surface area contributed by atoms with E-state index in [2.05, 4.69) is 20.8 Å². The number of carbonyl (C=O) groups is 1. The molecule has 0 aromatic rings. The van der Waals surface area contributed by atoms with Gasteiger partial charge in [-0.25, -0.2) is 0 Å². The maximum atomic E-state index is 11.8. The maximum absolute atomic E-state index is 11.8. The molecule has 2 nitrogen and oxygen atoms in total. The molecule has 0 aliphatic carbocycles. The van der Waals surface area contributed by atoms with Gasteiger partial charge in [-0.2, -0.15) is 0 Å². The van der Waals surface area contributed by atoms with Crippen LogP contribution in [0, 0.1) is 0 Å². The van der Waals surface area contributed by atoms with Crippen LogP contribution >= 0.6 is 7.26 Å². The standard InChI is InChI=1S/C32H65O2P/c1-4-7-10-13-16-19-22-25-28-35(31-32(33)34,29-26-23-20-17-14-11-8-5-2)30-27-24-21-18-15-12-9-6-3/h4-31H2,1-3H3. The zero-order chi connectivity index (χ0) is 25.9. The first kappa shape index (κ1) is 34.9. The van der Waals surface area contributed by atoms with Crippen LogP contribution in [0.25, 0.3) is 0 Å². The molecule has 0 fully saturated rings. The van der Waals surface area contributed by atoms with E-state index in [-0.39, 0.29) is 0 Å². The molecule has 0 atom stereocenters. The molecule has 0 saturated heterocycles. The quantitative estimate of drug-likeness (QED) is 0.0738. The number of hydrogen-bond acceptors (Lipinski definition) is 2. The summed E-state index contributed by atoms with van der Waals surface area (Å²) >= 11 is 0. The van der Waals surface area contributed by atoms with Gasteiger partial charge in [0, 0.05) is 7.26 Å². The van der Waals surface area contributed by atoms with Gasteiger partial charge in [0.25, 0.3) is 0 Å². The van der Waals surface area contributed by atoms with Crippen LogP contribution in [-0.4, -0.2) is 30.6 Å². The second kappa shape index (κ2) is 26.9. The zero-order valence-electron chi connectivity index (χ0n) is 24.6. The summed E-state index contributed by atoms with van der Waals surface area (Å²) in [4.78, 5) is 11.8. The van der Waals surface area contributed by atoms with Crippen molar-refractivity contribution in [3.8, 4) is 0 Å². The lowest BCUT2D eigenvalue weighted by molar-refractivity contribution is -0.301. The van der Waals surface area contributed by atoms with Crippen LogP contribution in [0.5, 0.6) is 0 Å². The lowest BCUT2D eigenvalue weighted by Crippen LogP contribution is -2.30. The summed E-state index contributed by atoms with van der Waals surface area (Å²) in [6.07, 6.45) is 36.1. The second-order valence-electron chi connectivity index (χ2n) is 11.5. The van der Waals surface area contributed by atoms with Gasteiger partial charge in [0.1, 0.15) is 0 Å². The van der Waals surface area contributed by atoms with Crippen LogP contribution in [-0.2, 0) is 4.79 Å². The van der Waals surface area contributed by atoms with Crippen molar-refractivity contribution in [1.82, 2.24) is 0 Å². The summed E-state index contributed by atoms with van der Waals surface area (Å²) in [6.45, 7) is 6.83. The third-order valence-electron chi connectivity index (χ3n) is 7.92. The minimum absolute atomic E-state index is 0.399. The monoisotopic (exact) mass is 512 g/mol. The van der Waals surface area contributed by atoms with Gasteiger partial charge in [0.2, 0.25) is 0 Å². The predicted molar refractivity (Wildman–Crippen MR) is 159 cm³/mol. The Labute approximate surface area is 222 Å². The molecule has 0 N–H and O–H groups in total. The van der Waals surface area contributed by atoms with E-state index in [0.29, 0.717) is 6.16 Å². The van der Waals surface area contributed by atoms with E-state index >= 15 is 0 Å². The highest BCUT2D eigenvalue weighted by Gasteiger charge is 2.35. The van der Waals surface area contributed by atoms with E-state index in [1.165, 1.54) is 173 Å². The zero-order valence-corrected chi connectivity index (χ0v) is 25.5. The smallest absolute Gasteiger partial charge is 0.0986 e. The number of carboxylic acid groups (broad SMARTS) is 1. The highest BCUT2D eigenvalue weighted by molar-refractivity contribution is 7.76. The van der Waals surface area contributed by atoms with Crippen molar-refractivity contribution < 1.29 is 9.90 Å². The van der Waals surface area contributed by atoms with Gasteiger partial charge in [-0.05, 0) is 38.5 Å². The summed E-state index contributed by atoms with van der Waals surface area (Å²) < 4.78 is 0. The van der Waals surface area contributed by atoms with E-state index in [1.807, 2.05) is 0 Å². The number of unbranched alkanes of at least 4 members (excludes halogenated alkanes) is 21. The van der Waals surface area contributed by atoms with Crippen LogP contribution in [0.3, 0.4) is 0 Å². The van der Waals surface area contributed by atoms with Crippen molar-refractivity contribution in [2.45, 2.75) is 175 Å². The van der Waals surface area contributed by atoms with Gasteiger partial charge in [-0.3, -0.25) is 0 Å². The lowest BCUT2D eigenvalue weighted by atomic mass is 10.1. The molecule has 0 unspecified atom stereocenters. The normalized spacial score (nSPS) is 11.9. The Morgan fingerprint density at radius 3 is 0.886 bits per heavy atom. The third-order valence-corrected chi connectivity index (χ3v) is 12.6. The predicted octanol–water partition coefficient (Wildman–Crippen LogP) is 10.2. The van der Waals surface area contributed by atoms with E-state index in [4.69, 9.17) is 0 Å². The maximum Gasteiger partial charge on any atom is 0.0986 e. The molecule has 0 saturated carbocycles. The molecule has 0 radical (unpaired) electrons. The number of carboxylic acids is 1. The lowest BCUT2D eigenvalue weighted by Gasteiger charge is -2.28. The second-order valence-corrected chi connectivity index (χ2v) is 15.8. The van der Waals surface area contributed by atoms with Crippen molar-refractivity contribution >= 4 is 13.2 Å². The molecule has 35 heavy (non-hydrogen) atoms. The summed E-state index contributed by atoms with van der Waals surface area (Å²) in [7, 11) is -1.41. The first-order chi connectivity index (χ1) is 17.1. The number of hydrogen-bond donors (Lipinski definition) is 0. The fourth-order valence-corrected chi connectivity index (χ4v) is 9.97. The van der Waals surface area contributed by atoms with Crippen molar-refractivity contribution in [2.75, 3.05) is 24.6 Å². The van der Waals surface area contributed by atoms with Gasteiger partial charge in [0.05, 0.1) is 30.6 Å². The highest BCUT2D eigenvalue weighted by atomic mass is 31.2. The SMILES string of the molecule is CCCCCCCCCC[P+](CCCCCCCCCC)(CCCCCCCCCC)CC(=O)[O-]. The average Bonchev–Trinajstić information content (AvgIpc) is 2.83. The van der Waals surface area contributed by atoms with Crippen molar-refractivity contribution in [1.29, 1.82) is 0 Å². The Bertz CT molecular complexity index is 387. The van der Waals surface area contributed by atoms with Gasteiger partial charge in [-0.1, -0.05) is 136 Å². The third kappa shape index (κ3) is 24.0. The molecule has 210 valence electrons. The number of rotatable bonds is 29. The molecule has 0 bridgehead atoms. The molecular weight excluding hydrogens is 447 g/mol. The number of aliphatic carboxylic acids is 1. The van der Waals surface area contributed by atoms with E-state index in [9.17, 15) is 9.90 Å². The minimum atomic E-state index is -1.41. The molecule has 0 aliphatic heterocycles. The molecule has 0 aromatic carbocycles.